The summed E-state index contributed by atoms with van der Waals surface area (Å²) in [5, 5.41) is 4.47. The fourth-order valence-electron chi connectivity index (χ4n) is 2.37. The van der Waals surface area contributed by atoms with Crippen LogP contribution in [0.3, 0.4) is 0 Å². The number of nitrogens with zero attached hydrogens (tertiary/aromatic N) is 2. The van der Waals surface area contributed by atoms with Crippen molar-refractivity contribution < 1.29 is 0 Å². The molecule has 3 rings (SSSR count). The lowest BCUT2D eigenvalue weighted by atomic mass is 10.1. The lowest BCUT2D eigenvalue weighted by molar-refractivity contribution is 0.536. The Morgan fingerprint density at radius 3 is 2.84 bits per heavy atom. The third kappa shape index (κ3) is 2.61. The van der Waals surface area contributed by atoms with E-state index in [9.17, 15) is 0 Å². The topological polar surface area (TPSA) is 75.9 Å². The molecule has 4 N–H and O–H groups in total. The lowest BCUT2D eigenvalue weighted by Crippen LogP contribution is -2.16. The number of fused-ring (bicyclic) bond motifs is 1. The number of anilines is 2. The van der Waals surface area contributed by atoms with Crippen molar-refractivity contribution in [1.82, 2.24) is 9.97 Å². The number of aromatic nitrogens is 2. The highest BCUT2D eigenvalue weighted by molar-refractivity contribution is 5.89. The Balaban J connectivity index is 1.87. The average molecular weight is 257 g/mol. The molecule has 1 aliphatic carbocycles. The van der Waals surface area contributed by atoms with Gasteiger partial charge >= 0.3 is 0 Å². The number of hydrogen-bond acceptors (Lipinski definition) is 5. The third-order valence-corrected chi connectivity index (χ3v) is 3.75. The number of hydrazine groups is 1. The van der Waals surface area contributed by atoms with Gasteiger partial charge in [-0.3, -0.25) is 5.43 Å². The molecule has 1 fully saturated rings. The lowest BCUT2D eigenvalue weighted by Gasteiger charge is -2.14. The van der Waals surface area contributed by atoms with Crippen molar-refractivity contribution >= 4 is 22.7 Å². The summed E-state index contributed by atoms with van der Waals surface area (Å²) in [6, 6.07) is 7.95. The molecule has 2 aromatic rings. The first-order chi connectivity index (χ1) is 9.28. The van der Waals surface area contributed by atoms with Gasteiger partial charge in [0.2, 0.25) is 5.95 Å². The largest absolute Gasteiger partial charge is 0.369 e. The highest BCUT2D eigenvalue weighted by Crippen LogP contribution is 2.36. The van der Waals surface area contributed by atoms with Crippen molar-refractivity contribution in [3.8, 4) is 0 Å². The molecular weight excluding hydrogens is 238 g/mol. The van der Waals surface area contributed by atoms with Crippen molar-refractivity contribution in [3.63, 3.8) is 0 Å². The SMILES string of the molecule is CC(CNc1nc(NN)nc2ccccc12)C1CC1. The second-order valence-electron chi connectivity index (χ2n) is 5.25. The average Bonchev–Trinajstić information content (AvgIpc) is 3.28. The summed E-state index contributed by atoms with van der Waals surface area (Å²) in [5.41, 5.74) is 3.42. The molecule has 5 heteroatoms. The maximum atomic E-state index is 5.42. The van der Waals surface area contributed by atoms with Crippen molar-refractivity contribution in [2.75, 3.05) is 17.3 Å². The fraction of sp³-hybridized carbons (Fsp3) is 0.429. The van der Waals surface area contributed by atoms with Gasteiger partial charge in [-0.15, -0.1) is 0 Å². The van der Waals surface area contributed by atoms with Crippen molar-refractivity contribution in [3.05, 3.63) is 24.3 Å². The Morgan fingerprint density at radius 1 is 1.32 bits per heavy atom. The summed E-state index contributed by atoms with van der Waals surface area (Å²) in [6.07, 6.45) is 2.73. The van der Waals surface area contributed by atoms with Gasteiger partial charge in [0.05, 0.1) is 5.52 Å². The Bertz CT molecular complexity index is 579. The maximum absolute atomic E-state index is 5.42. The number of nitrogens with two attached hydrogens (primary N) is 1. The molecule has 0 radical (unpaired) electrons. The molecule has 1 unspecified atom stereocenters. The Labute approximate surface area is 112 Å². The number of benzene rings is 1. The van der Waals surface area contributed by atoms with Gasteiger partial charge < -0.3 is 5.32 Å². The van der Waals surface area contributed by atoms with E-state index in [1.807, 2.05) is 24.3 Å². The quantitative estimate of drug-likeness (QED) is 0.566. The van der Waals surface area contributed by atoms with E-state index >= 15 is 0 Å². The number of nitrogens with one attached hydrogen (secondary N) is 2. The number of nitrogen functional groups attached to an aromatic ring is 1. The summed E-state index contributed by atoms with van der Waals surface area (Å²) < 4.78 is 0. The summed E-state index contributed by atoms with van der Waals surface area (Å²) in [4.78, 5) is 8.75. The summed E-state index contributed by atoms with van der Waals surface area (Å²) >= 11 is 0. The second kappa shape index (κ2) is 5.01. The van der Waals surface area contributed by atoms with E-state index in [4.69, 9.17) is 5.84 Å². The molecule has 5 nitrogen and oxygen atoms in total. The molecule has 0 bridgehead atoms. The van der Waals surface area contributed by atoms with Crippen molar-refractivity contribution in [2.24, 2.45) is 17.7 Å². The second-order valence-corrected chi connectivity index (χ2v) is 5.25. The van der Waals surface area contributed by atoms with Gasteiger partial charge in [-0.1, -0.05) is 19.1 Å². The summed E-state index contributed by atoms with van der Waals surface area (Å²) in [5.74, 6) is 8.28. The predicted octanol–water partition coefficient (Wildman–Crippen LogP) is 2.37. The van der Waals surface area contributed by atoms with Crippen molar-refractivity contribution in [1.29, 1.82) is 0 Å². The molecule has 0 saturated heterocycles. The Hall–Kier alpha value is -1.88. The van der Waals surface area contributed by atoms with Crippen LogP contribution in [-0.2, 0) is 0 Å². The van der Waals surface area contributed by atoms with Crippen LogP contribution in [0.5, 0.6) is 0 Å². The summed E-state index contributed by atoms with van der Waals surface area (Å²) in [7, 11) is 0. The van der Waals surface area contributed by atoms with Crippen molar-refractivity contribution in [2.45, 2.75) is 19.8 Å². The molecule has 0 aliphatic heterocycles. The van der Waals surface area contributed by atoms with Crippen LogP contribution in [0, 0.1) is 11.8 Å². The van der Waals surface area contributed by atoms with E-state index in [1.165, 1.54) is 12.8 Å². The number of hydrogen-bond donors (Lipinski definition) is 3. The normalized spacial score (nSPS) is 16.3. The predicted molar refractivity (Wildman–Crippen MR) is 77.7 cm³/mol. The maximum Gasteiger partial charge on any atom is 0.239 e. The van der Waals surface area contributed by atoms with Gasteiger partial charge in [-0.2, -0.15) is 4.98 Å². The van der Waals surface area contributed by atoms with Crippen LogP contribution >= 0.6 is 0 Å². The zero-order valence-electron chi connectivity index (χ0n) is 11.1. The Kier molecular flexibility index (Phi) is 3.21. The first-order valence-corrected chi connectivity index (χ1v) is 6.75. The molecular formula is C14H19N5. The van der Waals surface area contributed by atoms with Crippen LogP contribution in [0.2, 0.25) is 0 Å². The number of rotatable bonds is 5. The van der Waals surface area contributed by atoms with E-state index in [-0.39, 0.29) is 0 Å². The van der Waals surface area contributed by atoms with Gasteiger partial charge in [0.25, 0.3) is 0 Å². The van der Waals surface area contributed by atoms with Gasteiger partial charge in [0, 0.05) is 11.9 Å². The highest BCUT2D eigenvalue weighted by atomic mass is 15.3. The van der Waals surface area contributed by atoms with E-state index in [0.29, 0.717) is 11.9 Å². The molecule has 19 heavy (non-hydrogen) atoms. The Morgan fingerprint density at radius 2 is 2.11 bits per heavy atom. The van der Waals surface area contributed by atoms with Crippen LogP contribution in [0.25, 0.3) is 10.9 Å². The van der Waals surface area contributed by atoms with Gasteiger partial charge in [-0.25, -0.2) is 10.8 Å². The molecule has 1 heterocycles. The molecule has 1 saturated carbocycles. The van der Waals surface area contributed by atoms with Gasteiger partial charge in [-0.05, 0) is 36.8 Å². The molecule has 1 aromatic carbocycles. The van der Waals surface area contributed by atoms with Crippen LogP contribution < -0.4 is 16.6 Å². The van der Waals surface area contributed by atoms with Crippen LogP contribution in [0.4, 0.5) is 11.8 Å². The highest BCUT2D eigenvalue weighted by Gasteiger charge is 2.27. The summed E-state index contributed by atoms with van der Waals surface area (Å²) in [6.45, 7) is 3.23. The molecule has 100 valence electrons. The minimum atomic E-state index is 0.445. The molecule has 0 spiro atoms. The smallest absolute Gasteiger partial charge is 0.239 e. The third-order valence-electron chi connectivity index (χ3n) is 3.75. The van der Waals surface area contributed by atoms with Gasteiger partial charge in [0.15, 0.2) is 0 Å². The zero-order valence-corrected chi connectivity index (χ0v) is 11.1. The first kappa shape index (κ1) is 12.2. The molecule has 1 aromatic heterocycles. The fourth-order valence-corrected chi connectivity index (χ4v) is 2.37. The van der Waals surface area contributed by atoms with Crippen LogP contribution in [0.15, 0.2) is 24.3 Å². The van der Waals surface area contributed by atoms with E-state index in [2.05, 4.69) is 27.6 Å². The van der Waals surface area contributed by atoms with Crippen LogP contribution in [-0.4, -0.2) is 16.5 Å². The molecule has 1 aliphatic rings. The van der Waals surface area contributed by atoms with E-state index < -0.39 is 0 Å². The minimum Gasteiger partial charge on any atom is -0.369 e. The minimum absolute atomic E-state index is 0.445. The molecule has 1 atom stereocenters. The van der Waals surface area contributed by atoms with E-state index in [1.54, 1.807) is 0 Å². The van der Waals surface area contributed by atoms with Gasteiger partial charge in [0.1, 0.15) is 5.82 Å². The van der Waals surface area contributed by atoms with Crippen LogP contribution in [0.1, 0.15) is 19.8 Å². The first-order valence-electron chi connectivity index (χ1n) is 6.75. The zero-order chi connectivity index (χ0) is 13.2. The monoisotopic (exact) mass is 257 g/mol. The standard InChI is InChI=1S/C14H19N5/c1-9(10-6-7-10)8-16-13-11-4-2-3-5-12(11)17-14(18-13)19-15/h2-5,9-10H,6-8,15H2,1H3,(H2,16,17,18,19). The van der Waals surface area contributed by atoms with E-state index in [0.717, 1.165) is 29.2 Å². The number of para-hydroxylation sites is 1. The molecule has 0 amide bonds.